The van der Waals surface area contributed by atoms with Crippen LogP contribution in [-0.2, 0) is 10.8 Å². The SMILES string of the molecule is CC1(C)c2ccccc2-c2ccc(N(c3ccc(-c4ccccc4)cc3)c3ccc(-c4ccc5c(c4)c4cc6c(cc4n5-c4ccccc4)C(C)(C)c4ccccc4-6)cc3)cc21. The summed E-state index contributed by atoms with van der Waals surface area (Å²) in [5, 5.41) is 2.54. The van der Waals surface area contributed by atoms with E-state index in [4.69, 9.17) is 0 Å². The van der Waals surface area contributed by atoms with Crippen LogP contribution in [0.15, 0.2) is 206 Å². The first-order chi connectivity index (χ1) is 30.3. The van der Waals surface area contributed by atoms with Crippen molar-refractivity contribution in [1.29, 1.82) is 0 Å². The lowest BCUT2D eigenvalue weighted by atomic mass is 9.82. The van der Waals surface area contributed by atoms with Crippen LogP contribution in [0.4, 0.5) is 17.1 Å². The molecule has 0 atom stereocenters. The van der Waals surface area contributed by atoms with Crippen molar-refractivity contribution in [1.82, 2.24) is 4.57 Å². The van der Waals surface area contributed by atoms with Crippen molar-refractivity contribution in [3.8, 4) is 50.2 Å². The first-order valence-electron chi connectivity index (χ1n) is 21.8. The van der Waals surface area contributed by atoms with Crippen LogP contribution in [0.3, 0.4) is 0 Å². The molecule has 0 bridgehead atoms. The number of hydrogen-bond acceptors (Lipinski definition) is 1. The molecule has 0 aliphatic heterocycles. The summed E-state index contributed by atoms with van der Waals surface area (Å²) >= 11 is 0. The molecule has 0 radical (unpaired) electrons. The number of aromatic nitrogens is 1. The summed E-state index contributed by atoms with van der Waals surface area (Å²) < 4.78 is 2.45. The molecule has 0 spiro atoms. The van der Waals surface area contributed by atoms with Crippen LogP contribution in [0.2, 0.25) is 0 Å². The second-order valence-corrected chi connectivity index (χ2v) is 18.2. The van der Waals surface area contributed by atoms with Gasteiger partial charge in [0, 0.05) is 44.4 Å². The lowest BCUT2D eigenvalue weighted by Gasteiger charge is -2.28. The van der Waals surface area contributed by atoms with Crippen molar-refractivity contribution in [2.24, 2.45) is 0 Å². The molecule has 2 nitrogen and oxygen atoms in total. The van der Waals surface area contributed by atoms with Crippen molar-refractivity contribution in [2.45, 2.75) is 38.5 Å². The fourth-order valence-electron chi connectivity index (χ4n) is 10.8. The zero-order valence-corrected chi connectivity index (χ0v) is 35.5. The van der Waals surface area contributed by atoms with Gasteiger partial charge in [-0.15, -0.1) is 0 Å². The van der Waals surface area contributed by atoms with E-state index in [0.717, 1.165) is 17.1 Å². The fraction of sp³-hybridized carbons (Fsp3) is 0.100. The third-order valence-corrected chi connectivity index (χ3v) is 14.0. The molecule has 0 unspecified atom stereocenters. The van der Waals surface area contributed by atoms with E-state index < -0.39 is 0 Å². The summed E-state index contributed by atoms with van der Waals surface area (Å²) in [6.07, 6.45) is 0. The van der Waals surface area contributed by atoms with Gasteiger partial charge < -0.3 is 9.47 Å². The molecule has 2 heteroatoms. The average molecular weight is 795 g/mol. The topological polar surface area (TPSA) is 8.17 Å². The molecule has 1 aromatic heterocycles. The van der Waals surface area contributed by atoms with Crippen molar-refractivity contribution in [3.05, 3.63) is 229 Å². The van der Waals surface area contributed by atoms with E-state index in [1.165, 1.54) is 94.3 Å². The Bertz CT molecular complexity index is 3370. The molecule has 0 saturated carbocycles. The van der Waals surface area contributed by atoms with Crippen molar-refractivity contribution in [2.75, 3.05) is 4.90 Å². The Hall–Kier alpha value is -7.42. The number of nitrogens with zero attached hydrogens (tertiary/aromatic N) is 2. The molecule has 10 aromatic rings. The fourth-order valence-corrected chi connectivity index (χ4v) is 10.8. The predicted molar refractivity (Wildman–Crippen MR) is 261 cm³/mol. The molecule has 0 saturated heterocycles. The van der Waals surface area contributed by atoms with Gasteiger partial charge in [-0.2, -0.15) is 0 Å². The van der Waals surface area contributed by atoms with E-state index in [0.29, 0.717) is 0 Å². The minimum absolute atomic E-state index is 0.0796. The molecule has 2 aliphatic rings. The van der Waals surface area contributed by atoms with Gasteiger partial charge in [0.25, 0.3) is 0 Å². The van der Waals surface area contributed by atoms with Crippen LogP contribution < -0.4 is 4.90 Å². The molecular formula is C60H46N2. The summed E-state index contributed by atoms with van der Waals surface area (Å²) in [5.74, 6) is 0. The van der Waals surface area contributed by atoms with Crippen molar-refractivity contribution >= 4 is 38.9 Å². The van der Waals surface area contributed by atoms with Gasteiger partial charge >= 0.3 is 0 Å². The molecular weight excluding hydrogens is 749 g/mol. The molecule has 0 fully saturated rings. The number of benzene rings is 9. The predicted octanol–water partition coefficient (Wildman–Crippen LogP) is 16.2. The second-order valence-electron chi connectivity index (χ2n) is 18.2. The maximum absolute atomic E-state index is 2.46. The van der Waals surface area contributed by atoms with Gasteiger partial charge in [-0.3, -0.25) is 0 Å². The van der Waals surface area contributed by atoms with Crippen LogP contribution in [-0.4, -0.2) is 4.57 Å². The third-order valence-electron chi connectivity index (χ3n) is 14.0. The van der Waals surface area contributed by atoms with Gasteiger partial charge in [0.05, 0.1) is 11.0 Å². The summed E-state index contributed by atoms with van der Waals surface area (Å²) in [6.45, 7) is 9.45. The maximum Gasteiger partial charge on any atom is 0.0544 e. The maximum atomic E-state index is 2.46. The Morgan fingerprint density at radius 2 is 0.790 bits per heavy atom. The highest BCUT2D eigenvalue weighted by molar-refractivity contribution is 6.12. The molecule has 0 amide bonds. The normalized spacial score (nSPS) is 14.1. The minimum atomic E-state index is -0.101. The van der Waals surface area contributed by atoms with E-state index >= 15 is 0 Å². The van der Waals surface area contributed by atoms with Gasteiger partial charge in [-0.25, -0.2) is 0 Å². The molecule has 296 valence electrons. The van der Waals surface area contributed by atoms with Crippen molar-refractivity contribution < 1.29 is 0 Å². The first kappa shape index (κ1) is 36.4. The Balaban J connectivity index is 0.982. The average Bonchev–Trinajstić information content (AvgIpc) is 3.85. The number of fused-ring (bicyclic) bond motifs is 9. The van der Waals surface area contributed by atoms with Crippen LogP contribution in [0.5, 0.6) is 0 Å². The van der Waals surface area contributed by atoms with Crippen LogP contribution >= 0.6 is 0 Å². The number of para-hydroxylation sites is 1. The largest absolute Gasteiger partial charge is 0.310 e. The lowest BCUT2D eigenvalue weighted by Crippen LogP contribution is -2.16. The quantitative estimate of drug-likeness (QED) is 0.163. The molecule has 2 aliphatic carbocycles. The van der Waals surface area contributed by atoms with E-state index in [2.05, 4.69) is 243 Å². The summed E-state index contributed by atoms with van der Waals surface area (Å²) in [4.78, 5) is 2.41. The van der Waals surface area contributed by atoms with Crippen LogP contribution in [0, 0.1) is 0 Å². The third kappa shape index (κ3) is 5.43. The Morgan fingerprint density at radius 1 is 0.323 bits per heavy atom. The van der Waals surface area contributed by atoms with Crippen LogP contribution in [0.25, 0.3) is 72.0 Å². The summed E-state index contributed by atoms with van der Waals surface area (Å²) in [6, 6.07) is 76.4. The Labute approximate surface area is 364 Å². The number of rotatable bonds is 6. The highest BCUT2D eigenvalue weighted by Gasteiger charge is 2.37. The van der Waals surface area contributed by atoms with Crippen molar-refractivity contribution in [3.63, 3.8) is 0 Å². The number of anilines is 3. The molecule has 62 heavy (non-hydrogen) atoms. The van der Waals surface area contributed by atoms with Gasteiger partial charge in [-0.1, -0.05) is 161 Å². The molecule has 0 N–H and O–H groups in total. The molecule has 12 rings (SSSR count). The summed E-state index contributed by atoms with van der Waals surface area (Å²) in [5.41, 5.74) is 22.5. The standard InChI is InChI=1S/C60H46N2/c1-59(2)53-21-13-11-19-47(53)49-33-32-46(36-55(49)59)61(44-28-23-40(24-29-44)39-15-7-5-8-16-39)45-30-25-41(26-31-45)42-27-34-57-51(35-42)52-37-50-48-20-12-14-22-54(48)60(3,4)56(50)38-58(52)62(57)43-17-9-6-10-18-43/h5-38H,1-4H3. The van der Waals surface area contributed by atoms with E-state index in [1.807, 2.05) is 0 Å². The zero-order chi connectivity index (χ0) is 41.7. The monoisotopic (exact) mass is 794 g/mol. The molecule has 1 heterocycles. The highest BCUT2D eigenvalue weighted by Crippen LogP contribution is 2.52. The van der Waals surface area contributed by atoms with Gasteiger partial charge in [0.15, 0.2) is 0 Å². The van der Waals surface area contributed by atoms with Gasteiger partial charge in [0.2, 0.25) is 0 Å². The molecule has 9 aromatic carbocycles. The Morgan fingerprint density at radius 3 is 1.44 bits per heavy atom. The van der Waals surface area contributed by atoms with E-state index in [-0.39, 0.29) is 10.8 Å². The van der Waals surface area contributed by atoms with E-state index in [1.54, 1.807) is 0 Å². The zero-order valence-electron chi connectivity index (χ0n) is 35.5. The summed E-state index contributed by atoms with van der Waals surface area (Å²) in [7, 11) is 0. The number of hydrogen-bond donors (Lipinski definition) is 0. The smallest absolute Gasteiger partial charge is 0.0544 e. The first-order valence-corrected chi connectivity index (χ1v) is 21.8. The van der Waals surface area contributed by atoms with Gasteiger partial charge in [0.1, 0.15) is 0 Å². The van der Waals surface area contributed by atoms with E-state index in [9.17, 15) is 0 Å². The Kier molecular flexibility index (Phi) is 7.96. The highest BCUT2D eigenvalue weighted by atomic mass is 15.1. The van der Waals surface area contributed by atoms with Gasteiger partial charge in [-0.05, 0) is 140 Å². The van der Waals surface area contributed by atoms with Crippen LogP contribution in [0.1, 0.15) is 49.9 Å². The lowest BCUT2D eigenvalue weighted by molar-refractivity contribution is 0.660. The second kappa shape index (κ2) is 13.5. The minimum Gasteiger partial charge on any atom is -0.310 e.